The predicted molar refractivity (Wildman–Crippen MR) is 66.7 cm³/mol. The van der Waals surface area contributed by atoms with Crippen LogP contribution in [0, 0.1) is 5.92 Å². The summed E-state index contributed by atoms with van der Waals surface area (Å²) in [5, 5.41) is 9.70. The van der Waals surface area contributed by atoms with Crippen LogP contribution in [0.15, 0.2) is 12.1 Å². The standard InChI is InChI=1S/C10H13Cl2NOS/c1-7(4-14)5-15-6-8-2-9(11)13-10(12)3-8/h2-3,7,14H,4-6H2,1H3. The van der Waals surface area contributed by atoms with Gasteiger partial charge in [0, 0.05) is 12.4 Å². The first-order valence-electron chi connectivity index (χ1n) is 4.62. The van der Waals surface area contributed by atoms with Crippen LogP contribution in [0.25, 0.3) is 0 Å². The molecule has 1 unspecified atom stereocenters. The zero-order valence-electron chi connectivity index (χ0n) is 8.41. The number of hydrogen-bond donors (Lipinski definition) is 1. The molecule has 1 rings (SSSR count). The van der Waals surface area contributed by atoms with Crippen molar-refractivity contribution >= 4 is 35.0 Å². The SMILES string of the molecule is CC(CO)CSCc1cc(Cl)nc(Cl)c1. The molecule has 0 aliphatic carbocycles. The number of aliphatic hydroxyl groups excluding tert-OH is 1. The fourth-order valence-electron chi connectivity index (χ4n) is 1.03. The van der Waals surface area contributed by atoms with Gasteiger partial charge in [0.1, 0.15) is 10.3 Å². The number of hydrogen-bond acceptors (Lipinski definition) is 3. The first kappa shape index (κ1) is 13.1. The van der Waals surface area contributed by atoms with Gasteiger partial charge in [-0.3, -0.25) is 0 Å². The third kappa shape index (κ3) is 5.07. The van der Waals surface area contributed by atoms with Gasteiger partial charge in [0.2, 0.25) is 0 Å². The number of aliphatic hydroxyl groups is 1. The van der Waals surface area contributed by atoms with Crippen molar-refractivity contribution in [3.63, 3.8) is 0 Å². The molecule has 0 bridgehead atoms. The van der Waals surface area contributed by atoms with E-state index in [4.69, 9.17) is 28.3 Å². The molecule has 0 aromatic carbocycles. The summed E-state index contributed by atoms with van der Waals surface area (Å²) >= 11 is 13.3. The fourth-order valence-corrected chi connectivity index (χ4v) is 2.56. The number of halogens is 2. The summed E-state index contributed by atoms with van der Waals surface area (Å²) in [7, 11) is 0. The average molecular weight is 266 g/mol. The summed E-state index contributed by atoms with van der Waals surface area (Å²) in [6.07, 6.45) is 0. The van der Waals surface area contributed by atoms with E-state index >= 15 is 0 Å². The molecule has 1 aromatic heterocycles. The second-order valence-electron chi connectivity index (χ2n) is 3.42. The van der Waals surface area contributed by atoms with Crippen LogP contribution in [0.5, 0.6) is 0 Å². The Hall–Kier alpha value is 0.0400. The van der Waals surface area contributed by atoms with Gasteiger partial charge in [-0.2, -0.15) is 11.8 Å². The van der Waals surface area contributed by atoms with Crippen LogP contribution in [-0.2, 0) is 5.75 Å². The minimum atomic E-state index is 0.227. The van der Waals surface area contributed by atoms with Crippen LogP contribution >= 0.6 is 35.0 Å². The smallest absolute Gasteiger partial charge is 0.131 e. The van der Waals surface area contributed by atoms with E-state index in [0.29, 0.717) is 16.2 Å². The zero-order valence-corrected chi connectivity index (χ0v) is 10.7. The Balaban J connectivity index is 2.43. The monoisotopic (exact) mass is 265 g/mol. The Morgan fingerprint density at radius 2 is 2.00 bits per heavy atom. The minimum Gasteiger partial charge on any atom is -0.396 e. The lowest BCUT2D eigenvalue weighted by Crippen LogP contribution is -2.03. The van der Waals surface area contributed by atoms with Crippen LogP contribution in [0.3, 0.4) is 0 Å². The van der Waals surface area contributed by atoms with E-state index in [2.05, 4.69) is 4.98 Å². The van der Waals surface area contributed by atoms with Crippen LogP contribution in [0.4, 0.5) is 0 Å². The van der Waals surface area contributed by atoms with Gasteiger partial charge in [0.25, 0.3) is 0 Å². The van der Waals surface area contributed by atoms with E-state index in [1.165, 1.54) is 0 Å². The van der Waals surface area contributed by atoms with Gasteiger partial charge in [-0.25, -0.2) is 4.98 Å². The maximum absolute atomic E-state index is 8.85. The Morgan fingerprint density at radius 1 is 1.40 bits per heavy atom. The molecule has 0 aliphatic heterocycles. The molecular weight excluding hydrogens is 253 g/mol. The van der Waals surface area contributed by atoms with E-state index in [9.17, 15) is 0 Å². The molecule has 5 heteroatoms. The highest BCUT2D eigenvalue weighted by atomic mass is 35.5. The first-order valence-corrected chi connectivity index (χ1v) is 6.53. The molecule has 15 heavy (non-hydrogen) atoms. The van der Waals surface area contributed by atoms with Gasteiger partial charge in [-0.15, -0.1) is 0 Å². The molecule has 0 saturated carbocycles. The molecule has 1 atom stereocenters. The number of nitrogens with zero attached hydrogens (tertiary/aromatic N) is 1. The van der Waals surface area contributed by atoms with Crippen LogP contribution in [-0.4, -0.2) is 22.5 Å². The lowest BCUT2D eigenvalue weighted by Gasteiger charge is -2.07. The molecule has 1 heterocycles. The molecular formula is C10H13Cl2NOS. The number of pyridine rings is 1. The molecule has 0 spiro atoms. The highest BCUT2D eigenvalue weighted by Gasteiger charge is 2.02. The van der Waals surface area contributed by atoms with E-state index < -0.39 is 0 Å². The minimum absolute atomic E-state index is 0.227. The summed E-state index contributed by atoms with van der Waals surface area (Å²) in [6.45, 7) is 2.24. The van der Waals surface area contributed by atoms with Crippen molar-refractivity contribution < 1.29 is 5.11 Å². The number of thioether (sulfide) groups is 1. The van der Waals surface area contributed by atoms with Gasteiger partial charge < -0.3 is 5.11 Å². The molecule has 1 N–H and O–H groups in total. The van der Waals surface area contributed by atoms with Crippen molar-refractivity contribution in [2.75, 3.05) is 12.4 Å². The topological polar surface area (TPSA) is 33.1 Å². The summed E-state index contributed by atoms with van der Waals surface area (Å²) < 4.78 is 0. The molecule has 0 saturated heterocycles. The van der Waals surface area contributed by atoms with Crippen LogP contribution in [0.1, 0.15) is 12.5 Å². The van der Waals surface area contributed by atoms with Crippen molar-refractivity contribution in [1.29, 1.82) is 0 Å². The van der Waals surface area contributed by atoms with Gasteiger partial charge in [0.05, 0.1) is 0 Å². The zero-order chi connectivity index (χ0) is 11.3. The molecule has 0 amide bonds. The van der Waals surface area contributed by atoms with Crippen molar-refractivity contribution in [2.45, 2.75) is 12.7 Å². The second kappa shape index (κ2) is 6.59. The first-order chi connectivity index (χ1) is 7.11. The summed E-state index contributed by atoms with van der Waals surface area (Å²) in [5.74, 6) is 2.09. The Labute approximate surface area is 104 Å². The summed E-state index contributed by atoms with van der Waals surface area (Å²) in [4.78, 5) is 3.88. The van der Waals surface area contributed by atoms with Crippen LogP contribution < -0.4 is 0 Å². The van der Waals surface area contributed by atoms with E-state index in [1.54, 1.807) is 11.8 Å². The lowest BCUT2D eigenvalue weighted by molar-refractivity contribution is 0.250. The maximum atomic E-state index is 8.85. The number of rotatable bonds is 5. The van der Waals surface area contributed by atoms with Gasteiger partial charge in [0.15, 0.2) is 0 Å². The van der Waals surface area contributed by atoms with Crippen molar-refractivity contribution in [2.24, 2.45) is 5.92 Å². The highest BCUT2D eigenvalue weighted by Crippen LogP contribution is 2.20. The number of aromatic nitrogens is 1. The molecule has 1 aromatic rings. The van der Waals surface area contributed by atoms with E-state index in [-0.39, 0.29) is 6.61 Å². The fraction of sp³-hybridized carbons (Fsp3) is 0.500. The van der Waals surface area contributed by atoms with Gasteiger partial charge in [-0.1, -0.05) is 30.1 Å². The second-order valence-corrected chi connectivity index (χ2v) is 5.23. The van der Waals surface area contributed by atoms with Gasteiger partial charge >= 0.3 is 0 Å². The third-order valence-electron chi connectivity index (χ3n) is 1.81. The molecule has 0 fully saturated rings. The molecule has 84 valence electrons. The third-order valence-corrected chi connectivity index (χ3v) is 3.53. The quantitative estimate of drug-likeness (QED) is 0.830. The molecule has 0 radical (unpaired) electrons. The van der Waals surface area contributed by atoms with Crippen molar-refractivity contribution in [1.82, 2.24) is 4.98 Å². The predicted octanol–water partition coefficient (Wildman–Crippen LogP) is 3.25. The lowest BCUT2D eigenvalue weighted by atomic mass is 10.2. The highest BCUT2D eigenvalue weighted by molar-refractivity contribution is 7.98. The van der Waals surface area contributed by atoms with Crippen molar-refractivity contribution in [3.05, 3.63) is 28.0 Å². The summed E-state index contributed by atoms with van der Waals surface area (Å²) in [5.41, 5.74) is 1.06. The molecule has 2 nitrogen and oxygen atoms in total. The van der Waals surface area contributed by atoms with Gasteiger partial charge in [-0.05, 0) is 29.4 Å². The van der Waals surface area contributed by atoms with Crippen molar-refractivity contribution in [3.8, 4) is 0 Å². The Morgan fingerprint density at radius 3 is 2.53 bits per heavy atom. The Kier molecular flexibility index (Phi) is 5.75. The summed E-state index contributed by atoms with van der Waals surface area (Å²) in [6, 6.07) is 3.62. The van der Waals surface area contributed by atoms with E-state index in [1.807, 2.05) is 19.1 Å². The average Bonchev–Trinajstić information content (AvgIpc) is 2.16. The van der Waals surface area contributed by atoms with E-state index in [0.717, 1.165) is 17.1 Å². The Bertz CT molecular complexity index is 302. The normalized spacial score (nSPS) is 12.8. The largest absolute Gasteiger partial charge is 0.396 e. The molecule has 0 aliphatic rings. The van der Waals surface area contributed by atoms with Crippen LogP contribution in [0.2, 0.25) is 10.3 Å². The maximum Gasteiger partial charge on any atom is 0.131 e.